The largest absolute Gasteiger partial charge is 0.490 e. The van der Waals surface area contributed by atoms with E-state index in [9.17, 15) is 9.59 Å². The number of hydrogen-bond acceptors (Lipinski definition) is 6. The Hall–Kier alpha value is -4.23. The maximum Gasteiger partial charge on any atom is 0.293 e. The predicted octanol–water partition coefficient (Wildman–Crippen LogP) is 6.44. The van der Waals surface area contributed by atoms with E-state index in [2.05, 4.69) is 10.3 Å². The highest BCUT2D eigenvalue weighted by Gasteiger charge is 2.23. The number of carbonyl (C=O) groups excluding carboxylic acids is 2. The van der Waals surface area contributed by atoms with Crippen LogP contribution in [0.15, 0.2) is 89.3 Å². The Bertz CT molecular complexity index is 1470. The van der Waals surface area contributed by atoms with Gasteiger partial charge in [-0.1, -0.05) is 84.1 Å². The summed E-state index contributed by atoms with van der Waals surface area (Å²) in [5.41, 5.74) is 2.39. The third kappa shape index (κ3) is 4.21. The predicted molar refractivity (Wildman–Crippen MR) is 133 cm³/mol. The number of ether oxygens (including phenoxy) is 1. The monoisotopic (exact) mass is 468 g/mol. The Kier molecular flexibility index (Phi) is 5.93. The summed E-state index contributed by atoms with van der Waals surface area (Å²) in [5.74, 6) is 0.109. The normalized spacial score (nSPS) is 10.9. The summed E-state index contributed by atoms with van der Waals surface area (Å²) >= 11 is 1.14. The van der Waals surface area contributed by atoms with Crippen LogP contribution in [0.25, 0.3) is 22.2 Å². The van der Waals surface area contributed by atoms with E-state index in [1.165, 1.54) is 0 Å². The van der Waals surface area contributed by atoms with Crippen molar-refractivity contribution in [3.63, 3.8) is 0 Å². The summed E-state index contributed by atoms with van der Waals surface area (Å²) in [6.45, 7) is 2.37. The molecule has 0 aliphatic rings. The number of nitrogens with zero attached hydrogens (tertiary/aromatic N) is 1. The number of fused-ring (bicyclic) bond motifs is 1. The van der Waals surface area contributed by atoms with Gasteiger partial charge in [-0.3, -0.25) is 14.9 Å². The lowest BCUT2D eigenvalue weighted by atomic mass is 10.1. The molecular formula is C27H20N2O4S. The second-order valence-corrected chi connectivity index (χ2v) is 8.43. The van der Waals surface area contributed by atoms with E-state index in [0.717, 1.165) is 22.3 Å². The molecule has 5 rings (SSSR count). The van der Waals surface area contributed by atoms with E-state index < -0.39 is 5.91 Å². The van der Waals surface area contributed by atoms with Crippen molar-refractivity contribution in [2.45, 2.75) is 6.92 Å². The first-order chi connectivity index (χ1) is 16.6. The number of hydrogen-bond donors (Lipinski definition) is 1. The van der Waals surface area contributed by atoms with Crippen molar-refractivity contribution in [1.29, 1.82) is 0 Å². The zero-order valence-corrected chi connectivity index (χ0v) is 19.1. The van der Waals surface area contributed by atoms with Gasteiger partial charge in [-0.15, -0.1) is 0 Å². The van der Waals surface area contributed by atoms with Crippen molar-refractivity contribution in [3.05, 3.63) is 101 Å². The van der Waals surface area contributed by atoms with Crippen molar-refractivity contribution in [2.24, 2.45) is 0 Å². The fraction of sp³-hybridized carbons (Fsp3) is 0.0741. The molecule has 6 nitrogen and oxygen atoms in total. The molecule has 0 saturated heterocycles. The Labute approximate surface area is 199 Å². The van der Waals surface area contributed by atoms with Gasteiger partial charge < -0.3 is 9.15 Å². The molecule has 7 heteroatoms. The molecule has 0 bridgehead atoms. The zero-order chi connectivity index (χ0) is 23.5. The molecule has 5 aromatic rings. The average molecular weight is 469 g/mol. The first kappa shape index (κ1) is 21.6. The molecule has 0 radical (unpaired) electrons. The molecule has 0 aliphatic carbocycles. The second kappa shape index (κ2) is 9.33. The molecule has 2 heterocycles. The molecule has 0 fully saturated rings. The van der Waals surface area contributed by atoms with Gasteiger partial charge in [-0.2, -0.15) is 0 Å². The lowest BCUT2D eigenvalue weighted by Gasteiger charge is -2.02. The van der Waals surface area contributed by atoms with E-state index in [1.807, 2.05) is 67.6 Å². The number of benzene rings is 3. The second-order valence-electron chi connectivity index (χ2n) is 7.43. The summed E-state index contributed by atoms with van der Waals surface area (Å²) in [6, 6.07) is 25.6. The molecule has 34 heavy (non-hydrogen) atoms. The molecule has 0 unspecified atom stereocenters. The Morgan fingerprint density at radius 2 is 1.71 bits per heavy atom. The van der Waals surface area contributed by atoms with Crippen molar-refractivity contribution >= 4 is 39.1 Å². The number of amides is 1. The van der Waals surface area contributed by atoms with E-state index in [1.54, 1.807) is 24.3 Å². The van der Waals surface area contributed by atoms with Crippen molar-refractivity contribution in [2.75, 3.05) is 11.9 Å². The first-order valence-electron chi connectivity index (χ1n) is 10.8. The lowest BCUT2D eigenvalue weighted by molar-refractivity contribution is 0.0997. The number of para-hydroxylation sites is 1. The summed E-state index contributed by atoms with van der Waals surface area (Å²) in [5, 5.41) is 3.87. The Balaban J connectivity index is 1.49. The molecule has 0 aliphatic heterocycles. The van der Waals surface area contributed by atoms with Crippen LogP contribution < -0.4 is 10.1 Å². The minimum atomic E-state index is -0.453. The molecule has 1 amide bonds. The highest BCUT2D eigenvalue weighted by atomic mass is 32.1. The van der Waals surface area contributed by atoms with Gasteiger partial charge in [0, 0.05) is 16.5 Å². The van der Waals surface area contributed by atoms with Gasteiger partial charge in [0.2, 0.25) is 5.78 Å². The molecule has 1 N–H and O–H groups in total. The number of anilines is 1. The van der Waals surface area contributed by atoms with Crippen LogP contribution in [-0.4, -0.2) is 23.3 Å². The molecular weight excluding hydrogens is 448 g/mol. The van der Waals surface area contributed by atoms with Crippen LogP contribution in [0, 0.1) is 0 Å². The SMILES string of the molecule is CCOc1cccc2cc(C(=O)Nc3nc(-c4ccccc4)c(C(=O)c4ccccc4)s3)oc12. The average Bonchev–Trinajstić information content (AvgIpc) is 3.50. The number of carbonyl (C=O) groups is 2. The van der Waals surface area contributed by atoms with Gasteiger partial charge >= 0.3 is 0 Å². The van der Waals surface area contributed by atoms with E-state index in [0.29, 0.717) is 39.2 Å². The maximum atomic E-state index is 13.3. The summed E-state index contributed by atoms with van der Waals surface area (Å²) in [7, 11) is 0. The van der Waals surface area contributed by atoms with Gasteiger partial charge in [0.15, 0.2) is 22.2 Å². The van der Waals surface area contributed by atoms with Crippen LogP contribution >= 0.6 is 11.3 Å². The number of furan rings is 1. The third-order valence-corrected chi connectivity index (χ3v) is 6.14. The van der Waals surface area contributed by atoms with Crippen LogP contribution in [-0.2, 0) is 0 Å². The molecule has 168 valence electrons. The van der Waals surface area contributed by atoms with Crippen LogP contribution in [0.5, 0.6) is 5.75 Å². The maximum absolute atomic E-state index is 13.3. The fourth-order valence-corrected chi connectivity index (χ4v) is 4.56. The quantitative estimate of drug-likeness (QED) is 0.278. The van der Waals surface area contributed by atoms with Crippen molar-refractivity contribution < 1.29 is 18.7 Å². The smallest absolute Gasteiger partial charge is 0.293 e. The van der Waals surface area contributed by atoms with Crippen LogP contribution in [0.2, 0.25) is 0 Å². The van der Waals surface area contributed by atoms with Gasteiger partial charge in [-0.05, 0) is 19.1 Å². The van der Waals surface area contributed by atoms with Crippen LogP contribution in [0.4, 0.5) is 5.13 Å². The van der Waals surface area contributed by atoms with E-state index in [4.69, 9.17) is 9.15 Å². The first-order valence-corrected chi connectivity index (χ1v) is 11.6. The van der Waals surface area contributed by atoms with E-state index >= 15 is 0 Å². The molecule has 0 saturated carbocycles. The summed E-state index contributed by atoms with van der Waals surface area (Å²) in [4.78, 5) is 31.3. The van der Waals surface area contributed by atoms with Gasteiger partial charge in [0.1, 0.15) is 4.88 Å². The highest BCUT2D eigenvalue weighted by molar-refractivity contribution is 7.18. The standard InChI is InChI=1S/C27H20N2O4S/c1-2-32-20-15-9-14-19-16-21(33-24(19)20)26(31)29-27-28-22(17-10-5-3-6-11-17)25(34-27)23(30)18-12-7-4-8-13-18/h3-16H,2H2,1H3,(H,28,29,31). The lowest BCUT2D eigenvalue weighted by Crippen LogP contribution is -2.10. The minimum Gasteiger partial charge on any atom is -0.490 e. The highest BCUT2D eigenvalue weighted by Crippen LogP contribution is 2.34. The van der Waals surface area contributed by atoms with E-state index in [-0.39, 0.29) is 11.5 Å². The summed E-state index contributed by atoms with van der Waals surface area (Å²) in [6.07, 6.45) is 0. The van der Waals surface area contributed by atoms with Gasteiger partial charge in [0.25, 0.3) is 5.91 Å². The number of aromatic nitrogens is 1. The molecule has 3 aromatic carbocycles. The van der Waals surface area contributed by atoms with Crippen molar-refractivity contribution in [3.8, 4) is 17.0 Å². The zero-order valence-electron chi connectivity index (χ0n) is 18.3. The van der Waals surface area contributed by atoms with Gasteiger partial charge in [-0.25, -0.2) is 4.98 Å². The number of thiazole rings is 1. The molecule has 0 spiro atoms. The molecule has 0 atom stereocenters. The number of nitrogens with one attached hydrogen (secondary N) is 1. The summed E-state index contributed by atoms with van der Waals surface area (Å²) < 4.78 is 11.4. The molecule has 2 aromatic heterocycles. The number of rotatable bonds is 7. The number of ketones is 1. The van der Waals surface area contributed by atoms with Crippen LogP contribution in [0.1, 0.15) is 32.7 Å². The van der Waals surface area contributed by atoms with Gasteiger partial charge in [0.05, 0.1) is 12.3 Å². The van der Waals surface area contributed by atoms with Crippen molar-refractivity contribution in [1.82, 2.24) is 4.98 Å². The minimum absolute atomic E-state index is 0.134. The Morgan fingerprint density at radius 3 is 2.44 bits per heavy atom. The third-order valence-electron chi connectivity index (χ3n) is 5.17. The fourth-order valence-electron chi connectivity index (χ4n) is 3.62. The topological polar surface area (TPSA) is 81.4 Å². The Morgan fingerprint density at radius 1 is 0.971 bits per heavy atom. The van der Waals surface area contributed by atoms with Crippen LogP contribution in [0.3, 0.4) is 0 Å².